The summed E-state index contributed by atoms with van der Waals surface area (Å²) < 4.78 is 5.15. The van der Waals surface area contributed by atoms with Gasteiger partial charge in [-0.25, -0.2) is 0 Å². The van der Waals surface area contributed by atoms with Crippen LogP contribution in [0.1, 0.15) is 19.4 Å². The zero-order valence-electron chi connectivity index (χ0n) is 16.6. The van der Waals surface area contributed by atoms with Gasteiger partial charge in [0, 0.05) is 18.8 Å². The minimum atomic E-state index is -0.502. The normalized spacial score (nSPS) is 15.5. The first kappa shape index (κ1) is 20.5. The van der Waals surface area contributed by atoms with E-state index in [1.54, 1.807) is 37.5 Å². The summed E-state index contributed by atoms with van der Waals surface area (Å²) in [4.78, 5) is 29.0. The molecular weight excluding hydrogens is 386 g/mol. The number of ether oxygens (including phenoxy) is 1. The first-order valence-electron chi connectivity index (χ1n) is 9.39. The highest BCUT2D eigenvalue weighted by molar-refractivity contribution is 7.80. The summed E-state index contributed by atoms with van der Waals surface area (Å²) in [6.45, 7) is 6.01. The van der Waals surface area contributed by atoms with Crippen molar-refractivity contribution in [1.82, 2.24) is 5.32 Å². The van der Waals surface area contributed by atoms with Crippen LogP contribution in [-0.2, 0) is 9.59 Å². The molecule has 2 aromatic rings. The first-order chi connectivity index (χ1) is 14.0. The van der Waals surface area contributed by atoms with Crippen LogP contribution in [0.25, 0.3) is 6.08 Å². The van der Waals surface area contributed by atoms with Crippen molar-refractivity contribution in [3.05, 3.63) is 59.7 Å². The van der Waals surface area contributed by atoms with E-state index in [0.29, 0.717) is 11.4 Å². The molecule has 0 spiro atoms. The van der Waals surface area contributed by atoms with Gasteiger partial charge in [0.25, 0.3) is 11.8 Å². The van der Waals surface area contributed by atoms with E-state index >= 15 is 0 Å². The molecule has 0 aliphatic carbocycles. The van der Waals surface area contributed by atoms with E-state index in [1.807, 2.05) is 24.3 Å². The lowest BCUT2D eigenvalue weighted by molar-refractivity contribution is -0.122. The van der Waals surface area contributed by atoms with Gasteiger partial charge in [0.1, 0.15) is 11.3 Å². The van der Waals surface area contributed by atoms with Crippen LogP contribution in [0.15, 0.2) is 54.1 Å². The van der Waals surface area contributed by atoms with Gasteiger partial charge in [0.15, 0.2) is 5.11 Å². The van der Waals surface area contributed by atoms with E-state index in [1.165, 1.54) is 4.90 Å². The molecule has 0 unspecified atom stereocenters. The highest BCUT2D eigenvalue weighted by Gasteiger charge is 2.34. The van der Waals surface area contributed by atoms with E-state index in [4.69, 9.17) is 17.0 Å². The van der Waals surface area contributed by atoms with Gasteiger partial charge in [-0.3, -0.25) is 19.8 Å². The van der Waals surface area contributed by atoms with Gasteiger partial charge in [-0.1, -0.05) is 12.1 Å². The fraction of sp³-hybridized carbons (Fsp3) is 0.227. The van der Waals surface area contributed by atoms with Crippen molar-refractivity contribution >= 4 is 46.6 Å². The first-order valence-corrected chi connectivity index (χ1v) is 9.79. The number of benzene rings is 2. The van der Waals surface area contributed by atoms with Crippen LogP contribution in [0.2, 0.25) is 0 Å². The number of methoxy groups -OCH3 is 1. The summed E-state index contributed by atoms with van der Waals surface area (Å²) in [5.74, 6) is -0.300. The van der Waals surface area contributed by atoms with Crippen LogP contribution in [0.5, 0.6) is 5.75 Å². The van der Waals surface area contributed by atoms with Gasteiger partial charge in [-0.05, 0) is 74.1 Å². The molecule has 7 heteroatoms. The molecule has 1 aliphatic rings. The number of hydrogen-bond donors (Lipinski definition) is 1. The number of amides is 2. The lowest BCUT2D eigenvalue weighted by atomic mass is 10.1. The van der Waals surface area contributed by atoms with Crippen LogP contribution in [0, 0.1) is 0 Å². The van der Waals surface area contributed by atoms with Crippen LogP contribution in [0.3, 0.4) is 0 Å². The topological polar surface area (TPSA) is 61.9 Å². The quantitative estimate of drug-likeness (QED) is 0.450. The lowest BCUT2D eigenvalue weighted by Crippen LogP contribution is -2.54. The maximum absolute atomic E-state index is 13.0. The Morgan fingerprint density at radius 1 is 1.03 bits per heavy atom. The number of hydrogen-bond acceptors (Lipinski definition) is 5. The van der Waals surface area contributed by atoms with Gasteiger partial charge in [0.05, 0.1) is 12.8 Å². The maximum Gasteiger partial charge on any atom is 0.270 e. The molecule has 0 bridgehead atoms. The summed E-state index contributed by atoms with van der Waals surface area (Å²) in [7, 11) is 1.57. The molecule has 2 aromatic carbocycles. The Kier molecular flexibility index (Phi) is 6.29. The molecule has 0 saturated carbocycles. The van der Waals surface area contributed by atoms with Gasteiger partial charge in [-0.15, -0.1) is 0 Å². The molecule has 0 aromatic heterocycles. The predicted molar refractivity (Wildman–Crippen MR) is 119 cm³/mol. The fourth-order valence-corrected chi connectivity index (χ4v) is 3.44. The summed E-state index contributed by atoms with van der Waals surface area (Å²) >= 11 is 5.22. The molecule has 29 heavy (non-hydrogen) atoms. The molecule has 1 heterocycles. The van der Waals surface area contributed by atoms with Crippen LogP contribution < -0.4 is 19.9 Å². The molecule has 1 N–H and O–H groups in total. The van der Waals surface area contributed by atoms with E-state index < -0.39 is 11.8 Å². The smallest absolute Gasteiger partial charge is 0.270 e. The third-order valence-electron chi connectivity index (χ3n) is 4.76. The highest BCUT2D eigenvalue weighted by Crippen LogP contribution is 2.25. The minimum absolute atomic E-state index is 0.0324. The average molecular weight is 410 g/mol. The van der Waals surface area contributed by atoms with Gasteiger partial charge in [-0.2, -0.15) is 0 Å². The second-order valence-corrected chi connectivity index (χ2v) is 6.81. The second-order valence-electron chi connectivity index (χ2n) is 6.42. The monoisotopic (exact) mass is 409 g/mol. The summed E-state index contributed by atoms with van der Waals surface area (Å²) in [6.07, 6.45) is 1.59. The standard InChI is InChI=1S/C22H23N3O3S/c1-4-24(5-2)16-8-6-15(7-9-16)14-19-20(26)23-22(29)25(21(19)27)17-10-12-18(28-3)13-11-17/h6-14H,4-5H2,1-3H3,(H,23,26,29)/b19-14+. The van der Waals surface area contributed by atoms with Crippen LogP contribution >= 0.6 is 12.2 Å². The van der Waals surface area contributed by atoms with Crippen molar-refractivity contribution in [3.63, 3.8) is 0 Å². The highest BCUT2D eigenvalue weighted by atomic mass is 32.1. The number of carbonyl (C=O) groups excluding carboxylic acids is 2. The van der Waals surface area contributed by atoms with E-state index in [0.717, 1.165) is 24.3 Å². The maximum atomic E-state index is 13.0. The van der Waals surface area contributed by atoms with Crippen molar-refractivity contribution in [2.24, 2.45) is 0 Å². The number of anilines is 2. The summed E-state index contributed by atoms with van der Waals surface area (Å²) in [5.41, 5.74) is 2.45. The van der Waals surface area contributed by atoms with Gasteiger partial charge < -0.3 is 9.64 Å². The average Bonchev–Trinajstić information content (AvgIpc) is 2.73. The SMILES string of the molecule is CCN(CC)c1ccc(/C=C2\C(=O)NC(=S)N(c3ccc(OC)cc3)C2=O)cc1. The van der Waals surface area contributed by atoms with Crippen molar-refractivity contribution in [1.29, 1.82) is 0 Å². The molecule has 0 atom stereocenters. The van der Waals surface area contributed by atoms with Crippen molar-refractivity contribution in [2.45, 2.75) is 13.8 Å². The van der Waals surface area contributed by atoms with Gasteiger partial charge >= 0.3 is 0 Å². The molecule has 1 aliphatic heterocycles. The molecule has 3 rings (SSSR count). The number of nitrogens with one attached hydrogen (secondary N) is 1. The Labute approximate surface area is 175 Å². The van der Waals surface area contributed by atoms with Gasteiger partial charge in [0.2, 0.25) is 0 Å². The van der Waals surface area contributed by atoms with Crippen LogP contribution in [0.4, 0.5) is 11.4 Å². The zero-order chi connectivity index (χ0) is 21.0. The number of rotatable bonds is 6. The molecule has 2 amide bonds. The lowest BCUT2D eigenvalue weighted by Gasteiger charge is -2.29. The molecule has 150 valence electrons. The second kappa shape index (κ2) is 8.87. The Morgan fingerprint density at radius 2 is 1.66 bits per heavy atom. The minimum Gasteiger partial charge on any atom is -0.497 e. The Hall–Kier alpha value is -3.19. The molecule has 1 saturated heterocycles. The molecule has 0 radical (unpaired) electrons. The fourth-order valence-electron chi connectivity index (χ4n) is 3.16. The number of thiocarbonyl (C=S) groups is 1. The van der Waals surface area contributed by atoms with Crippen LogP contribution in [-0.4, -0.2) is 37.1 Å². The molecule has 1 fully saturated rings. The third kappa shape index (κ3) is 4.30. The molecular formula is C22H23N3O3S. The number of nitrogens with zero attached hydrogens (tertiary/aromatic N) is 2. The summed E-state index contributed by atoms with van der Waals surface area (Å²) in [5, 5.41) is 2.65. The Morgan fingerprint density at radius 3 is 2.21 bits per heavy atom. The van der Waals surface area contributed by atoms with E-state index in [2.05, 4.69) is 24.1 Å². The van der Waals surface area contributed by atoms with E-state index in [-0.39, 0.29) is 10.7 Å². The van der Waals surface area contributed by atoms with E-state index in [9.17, 15) is 9.59 Å². The van der Waals surface area contributed by atoms with Crippen molar-refractivity contribution < 1.29 is 14.3 Å². The van der Waals surface area contributed by atoms with Crippen molar-refractivity contribution in [2.75, 3.05) is 30.0 Å². The number of carbonyl (C=O) groups is 2. The molecule has 6 nitrogen and oxygen atoms in total. The Bertz CT molecular complexity index is 948. The Balaban J connectivity index is 1.90. The zero-order valence-corrected chi connectivity index (χ0v) is 17.5. The third-order valence-corrected chi connectivity index (χ3v) is 5.05. The summed E-state index contributed by atoms with van der Waals surface area (Å²) in [6, 6.07) is 14.7. The largest absolute Gasteiger partial charge is 0.497 e. The van der Waals surface area contributed by atoms with Crippen molar-refractivity contribution in [3.8, 4) is 5.75 Å². The predicted octanol–water partition coefficient (Wildman–Crippen LogP) is 3.37.